The van der Waals surface area contributed by atoms with E-state index in [0.29, 0.717) is 61.1 Å². The third-order valence-electron chi connectivity index (χ3n) is 5.95. The highest BCUT2D eigenvalue weighted by Crippen LogP contribution is 2.38. The fourth-order valence-corrected chi connectivity index (χ4v) is 4.21. The second-order valence-electron chi connectivity index (χ2n) is 8.07. The van der Waals surface area contributed by atoms with Gasteiger partial charge in [-0.25, -0.2) is 4.79 Å². The van der Waals surface area contributed by atoms with Crippen LogP contribution < -0.4 is 19.8 Å². The van der Waals surface area contributed by atoms with Crippen molar-refractivity contribution in [1.29, 1.82) is 0 Å². The second kappa shape index (κ2) is 9.54. The molecule has 1 aromatic heterocycles. The number of carbonyl (C=O) groups excluding carboxylic acids is 1. The van der Waals surface area contributed by atoms with Crippen molar-refractivity contribution in [3.05, 3.63) is 63.5 Å². The van der Waals surface area contributed by atoms with Crippen molar-refractivity contribution in [2.45, 2.75) is 13.5 Å². The van der Waals surface area contributed by atoms with Gasteiger partial charge < -0.3 is 23.5 Å². The van der Waals surface area contributed by atoms with Gasteiger partial charge in [0, 0.05) is 49.7 Å². The van der Waals surface area contributed by atoms with Gasteiger partial charge in [-0.1, -0.05) is 12.1 Å². The summed E-state index contributed by atoms with van der Waals surface area (Å²) in [4.78, 5) is 29.3. The number of benzene rings is 2. The summed E-state index contributed by atoms with van der Waals surface area (Å²) in [6.45, 7) is 5.14. The van der Waals surface area contributed by atoms with E-state index in [1.165, 1.54) is 21.3 Å². The molecule has 8 nitrogen and oxygen atoms in total. The number of ether oxygens (including phenoxy) is 3. The van der Waals surface area contributed by atoms with Crippen LogP contribution in [0.5, 0.6) is 17.2 Å². The molecule has 0 bridgehead atoms. The fourth-order valence-electron chi connectivity index (χ4n) is 4.21. The van der Waals surface area contributed by atoms with E-state index in [-0.39, 0.29) is 11.5 Å². The lowest BCUT2D eigenvalue weighted by Gasteiger charge is -2.35. The van der Waals surface area contributed by atoms with Crippen molar-refractivity contribution < 1.29 is 23.4 Å². The summed E-state index contributed by atoms with van der Waals surface area (Å²) >= 11 is 0. The Balaban J connectivity index is 1.47. The highest BCUT2D eigenvalue weighted by molar-refractivity contribution is 5.95. The molecule has 0 spiro atoms. The predicted octanol–water partition coefficient (Wildman–Crippen LogP) is 3.09. The standard InChI is InChI=1S/C25H28N2O6/c1-16-5-6-19-18(14-23(28)33-20(19)11-16)15-26-7-9-27(10-8-26)25(29)17-12-21(30-2)24(32-4)22(13-17)31-3/h5-6,11-14H,7-10,15H2,1-4H3. The summed E-state index contributed by atoms with van der Waals surface area (Å²) in [7, 11) is 4.58. The highest BCUT2D eigenvalue weighted by Gasteiger charge is 2.25. The molecule has 174 valence electrons. The van der Waals surface area contributed by atoms with E-state index in [9.17, 15) is 9.59 Å². The first-order valence-electron chi connectivity index (χ1n) is 10.8. The molecule has 0 saturated carbocycles. The third kappa shape index (κ3) is 4.66. The number of nitrogens with zero attached hydrogens (tertiary/aromatic N) is 2. The van der Waals surface area contributed by atoms with Gasteiger partial charge in [0.15, 0.2) is 11.5 Å². The van der Waals surface area contributed by atoms with Gasteiger partial charge in [-0.3, -0.25) is 9.69 Å². The molecule has 33 heavy (non-hydrogen) atoms. The van der Waals surface area contributed by atoms with E-state index < -0.39 is 0 Å². The minimum Gasteiger partial charge on any atom is -0.493 e. The Kier molecular flexibility index (Phi) is 6.55. The summed E-state index contributed by atoms with van der Waals surface area (Å²) in [6, 6.07) is 10.8. The van der Waals surface area contributed by atoms with Crippen molar-refractivity contribution in [3.8, 4) is 17.2 Å². The number of aryl methyl sites for hydroxylation is 1. The van der Waals surface area contributed by atoms with E-state index in [0.717, 1.165) is 16.5 Å². The van der Waals surface area contributed by atoms with Gasteiger partial charge in [-0.15, -0.1) is 0 Å². The van der Waals surface area contributed by atoms with Crippen molar-refractivity contribution in [2.75, 3.05) is 47.5 Å². The number of piperazine rings is 1. The van der Waals surface area contributed by atoms with Crippen LogP contribution in [0.15, 0.2) is 45.6 Å². The molecule has 1 saturated heterocycles. The number of fused-ring (bicyclic) bond motifs is 1. The smallest absolute Gasteiger partial charge is 0.336 e. The van der Waals surface area contributed by atoms with Gasteiger partial charge in [0.2, 0.25) is 5.75 Å². The van der Waals surface area contributed by atoms with Crippen LogP contribution in [-0.2, 0) is 6.54 Å². The number of hydrogen-bond donors (Lipinski definition) is 0. The quantitative estimate of drug-likeness (QED) is 0.532. The molecule has 2 heterocycles. The first-order chi connectivity index (χ1) is 15.9. The van der Waals surface area contributed by atoms with E-state index in [1.807, 2.05) is 30.0 Å². The summed E-state index contributed by atoms with van der Waals surface area (Å²) < 4.78 is 21.5. The van der Waals surface area contributed by atoms with Crippen LogP contribution in [-0.4, -0.2) is 63.2 Å². The minimum atomic E-state index is -0.348. The Bertz CT molecular complexity index is 1200. The van der Waals surface area contributed by atoms with Gasteiger partial charge in [0.25, 0.3) is 5.91 Å². The van der Waals surface area contributed by atoms with Crippen LogP contribution in [0.2, 0.25) is 0 Å². The maximum Gasteiger partial charge on any atom is 0.336 e. The van der Waals surface area contributed by atoms with E-state index >= 15 is 0 Å². The Morgan fingerprint density at radius 2 is 1.61 bits per heavy atom. The normalized spacial score (nSPS) is 14.4. The summed E-state index contributed by atoms with van der Waals surface area (Å²) in [6.07, 6.45) is 0. The van der Waals surface area contributed by atoms with Gasteiger partial charge in [-0.05, 0) is 36.2 Å². The SMILES string of the molecule is COc1cc(C(=O)N2CCN(Cc3cc(=O)oc4cc(C)ccc34)CC2)cc(OC)c1OC. The molecule has 0 unspecified atom stereocenters. The number of methoxy groups -OCH3 is 3. The first-order valence-corrected chi connectivity index (χ1v) is 10.8. The van der Waals surface area contributed by atoms with Crippen LogP contribution in [0.3, 0.4) is 0 Å². The Morgan fingerprint density at radius 1 is 0.939 bits per heavy atom. The summed E-state index contributed by atoms with van der Waals surface area (Å²) in [5, 5.41) is 0.941. The van der Waals surface area contributed by atoms with E-state index in [1.54, 1.807) is 18.2 Å². The van der Waals surface area contributed by atoms with Crippen LogP contribution in [0.25, 0.3) is 11.0 Å². The first kappa shape index (κ1) is 22.7. The van der Waals surface area contributed by atoms with Gasteiger partial charge in [0.05, 0.1) is 21.3 Å². The molecule has 2 aromatic carbocycles. The largest absolute Gasteiger partial charge is 0.493 e. The molecule has 0 atom stereocenters. The number of carbonyl (C=O) groups is 1. The van der Waals surface area contributed by atoms with Gasteiger partial charge >= 0.3 is 5.63 Å². The number of rotatable bonds is 6. The van der Waals surface area contributed by atoms with Crippen LogP contribution >= 0.6 is 0 Å². The van der Waals surface area contributed by atoms with Crippen molar-refractivity contribution in [1.82, 2.24) is 9.80 Å². The number of hydrogen-bond acceptors (Lipinski definition) is 7. The molecule has 4 rings (SSSR count). The summed E-state index contributed by atoms with van der Waals surface area (Å²) in [5.41, 5.74) is 2.72. The molecule has 1 amide bonds. The lowest BCUT2D eigenvalue weighted by Crippen LogP contribution is -2.48. The molecular weight excluding hydrogens is 424 g/mol. The highest BCUT2D eigenvalue weighted by atomic mass is 16.5. The Labute approximate surface area is 192 Å². The summed E-state index contributed by atoms with van der Waals surface area (Å²) in [5.74, 6) is 1.26. The van der Waals surface area contributed by atoms with Crippen LogP contribution in [0, 0.1) is 6.92 Å². The molecular formula is C25H28N2O6. The van der Waals surface area contributed by atoms with Crippen molar-refractivity contribution in [2.24, 2.45) is 0 Å². The minimum absolute atomic E-state index is 0.0878. The lowest BCUT2D eigenvalue weighted by molar-refractivity contribution is 0.0628. The second-order valence-corrected chi connectivity index (χ2v) is 8.07. The van der Waals surface area contributed by atoms with Crippen LogP contribution in [0.1, 0.15) is 21.5 Å². The lowest BCUT2D eigenvalue weighted by atomic mass is 10.1. The zero-order valence-electron chi connectivity index (χ0n) is 19.3. The molecule has 0 radical (unpaired) electrons. The molecule has 0 aliphatic carbocycles. The molecule has 1 fully saturated rings. The molecule has 1 aliphatic heterocycles. The fraction of sp³-hybridized carbons (Fsp3) is 0.360. The van der Waals surface area contributed by atoms with E-state index in [4.69, 9.17) is 18.6 Å². The van der Waals surface area contributed by atoms with Gasteiger partial charge in [0.1, 0.15) is 5.58 Å². The zero-order chi connectivity index (χ0) is 23.5. The van der Waals surface area contributed by atoms with E-state index in [2.05, 4.69) is 4.90 Å². The molecule has 8 heteroatoms. The molecule has 0 N–H and O–H groups in total. The maximum atomic E-state index is 13.2. The average molecular weight is 453 g/mol. The van der Waals surface area contributed by atoms with Gasteiger partial charge in [-0.2, -0.15) is 0 Å². The maximum absolute atomic E-state index is 13.2. The monoisotopic (exact) mass is 452 g/mol. The Morgan fingerprint density at radius 3 is 2.21 bits per heavy atom. The third-order valence-corrected chi connectivity index (χ3v) is 5.95. The predicted molar refractivity (Wildman–Crippen MR) is 124 cm³/mol. The molecule has 3 aromatic rings. The molecule has 1 aliphatic rings. The van der Waals surface area contributed by atoms with Crippen molar-refractivity contribution >= 4 is 16.9 Å². The van der Waals surface area contributed by atoms with Crippen LogP contribution in [0.4, 0.5) is 0 Å². The number of amides is 1. The average Bonchev–Trinajstić information content (AvgIpc) is 2.82. The Hall–Kier alpha value is -3.52. The van der Waals surface area contributed by atoms with Crippen molar-refractivity contribution in [3.63, 3.8) is 0 Å². The zero-order valence-corrected chi connectivity index (χ0v) is 19.3. The topological polar surface area (TPSA) is 81.5 Å².